The van der Waals surface area contributed by atoms with Crippen LogP contribution in [0.25, 0.3) is 0 Å². The number of ether oxygens (including phenoxy) is 1. The minimum absolute atomic E-state index is 0.156. The molecule has 2 heteroatoms. The molecule has 1 aliphatic heterocycles. The van der Waals surface area contributed by atoms with Gasteiger partial charge in [-0.15, -0.1) is 0 Å². The van der Waals surface area contributed by atoms with Gasteiger partial charge in [0.25, 0.3) is 0 Å². The summed E-state index contributed by atoms with van der Waals surface area (Å²) in [5, 5.41) is 3.09. The Labute approximate surface area is 56.6 Å². The Kier molecular flexibility index (Phi) is 1.78. The van der Waals surface area contributed by atoms with Crippen LogP contribution in [0, 0.1) is 0 Å². The molecule has 0 spiro atoms. The van der Waals surface area contributed by atoms with Crippen molar-refractivity contribution in [2.75, 3.05) is 7.05 Å². The molecule has 0 aromatic heterocycles. The summed E-state index contributed by atoms with van der Waals surface area (Å²) in [4.78, 5) is 0. The number of epoxide rings is 1. The lowest BCUT2D eigenvalue weighted by atomic mass is 10.1. The molecule has 0 aromatic carbocycles. The summed E-state index contributed by atoms with van der Waals surface area (Å²) >= 11 is 0. The van der Waals surface area contributed by atoms with Crippen LogP contribution in [-0.4, -0.2) is 18.9 Å². The molecule has 9 heavy (non-hydrogen) atoms. The highest BCUT2D eigenvalue weighted by Crippen LogP contribution is 2.37. The molecule has 2 nitrogen and oxygen atoms in total. The molecule has 0 saturated carbocycles. The Morgan fingerprint density at radius 3 is 2.67 bits per heavy atom. The van der Waals surface area contributed by atoms with E-state index in [0.717, 1.165) is 0 Å². The van der Waals surface area contributed by atoms with Crippen LogP contribution in [0.1, 0.15) is 26.7 Å². The van der Waals surface area contributed by atoms with Crippen molar-refractivity contribution in [3.8, 4) is 0 Å². The fourth-order valence-electron chi connectivity index (χ4n) is 1.29. The van der Waals surface area contributed by atoms with Gasteiger partial charge in [-0.1, -0.05) is 13.3 Å². The van der Waals surface area contributed by atoms with Crippen LogP contribution in [0.2, 0.25) is 0 Å². The number of likely N-dealkylation sites (N-methyl/N-ethyl adjacent to an activating group) is 1. The number of rotatable bonds is 3. The molecule has 0 radical (unpaired) electrons. The summed E-state index contributed by atoms with van der Waals surface area (Å²) in [6, 6.07) is 0. The first-order chi connectivity index (χ1) is 4.23. The van der Waals surface area contributed by atoms with Crippen molar-refractivity contribution in [2.24, 2.45) is 0 Å². The van der Waals surface area contributed by atoms with Gasteiger partial charge in [0, 0.05) is 0 Å². The summed E-state index contributed by atoms with van der Waals surface area (Å²) in [5.41, 5.74) is 0.156. The van der Waals surface area contributed by atoms with Crippen LogP contribution in [0.4, 0.5) is 0 Å². The van der Waals surface area contributed by atoms with Gasteiger partial charge in [-0.05, 0) is 20.4 Å². The van der Waals surface area contributed by atoms with Gasteiger partial charge in [-0.25, -0.2) is 0 Å². The van der Waals surface area contributed by atoms with Gasteiger partial charge in [0.2, 0.25) is 0 Å². The summed E-state index contributed by atoms with van der Waals surface area (Å²) < 4.78 is 5.38. The fraction of sp³-hybridized carbons (Fsp3) is 1.00. The van der Waals surface area contributed by atoms with Crippen molar-refractivity contribution >= 4 is 0 Å². The van der Waals surface area contributed by atoms with E-state index in [-0.39, 0.29) is 5.60 Å². The molecule has 1 rings (SSSR count). The molecular weight excluding hydrogens is 114 g/mol. The predicted molar refractivity (Wildman–Crippen MR) is 37.2 cm³/mol. The Hall–Kier alpha value is -0.0800. The van der Waals surface area contributed by atoms with E-state index in [4.69, 9.17) is 4.74 Å². The monoisotopic (exact) mass is 129 g/mol. The zero-order chi connectivity index (χ0) is 6.91. The lowest BCUT2D eigenvalue weighted by Crippen LogP contribution is -2.20. The highest BCUT2D eigenvalue weighted by Gasteiger charge is 2.50. The van der Waals surface area contributed by atoms with E-state index in [1.54, 1.807) is 0 Å². The van der Waals surface area contributed by atoms with E-state index < -0.39 is 0 Å². The maximum Gasteiger partial charge on any atom is 0.137 e. The van der Waals surface area contributed by atoms with Crippen LogP contribution in [-0.2, 0) is 4.74 Å². The van der Waals surface area contributed by atoms with E-state index in [1.165, 1.54) is 12.8 Å². The highest BCUT2D eigenvalue weighted by molar-refractivity contribution is 4.95. The second kappa shape index (κ2) is 2.27. The molecule has 0 bridgehead atoms. The third kappa shape index (κ3) is 1.25. The van der Waals surface area contributed by atoms with Crippen LogP contribution >= 0.6 is 0 Å². The van der Waals surface area contributed by atoms with Gasteiger partial charge in [-0.2, -0.15) is 0 Å². The van der Waals surface area contributed by atoms with Crippen LogP contribution in [0.3, 0.4) is 0 Å². The van der Waals surface area contributed by atoms with Crippen molar-refractivity contribution in [3.05, 3.63) is 0 Å². The van der Waals surface area contributed by atoms with Gasteiger partial charge in [-0.3, -0.25) is 5.32 Å². The van der Waals surface area contributed by atoms with E-state index in [1.807, 2.05) is 7.05 Å². The number of hydrogen-bond donors (Lipinski definition) is 1. The summed E-state index contributed by atoms with van der Waals surface area (Å²) in [6.07, 6.45) is 2.69. The predicted octanol–water partition coefficient (Wildman–Crippen LogP) is 1.12. The zero-order valence-corrected chi connectivity index (χ0v) is 6.40. The Morgan fingerprint density at radius 2 is 2.33 bits per heavy atom. The quantitative estimate of drug-likeness (QED) is 0.577. The molecule has 0 amide bonds. The average Bonchev–Trinajstić information content (AvgIpc) is 2.43. The fourth-order valence-corrected chi connectivity index (χ4v) is 1.29. The van der Waals surface area contributed by atoms with Gasteiger partial charge < -0.3 is 4.74 Å². The molecule has 1 N–H and O–H groups in total. The minimum Gasteiger partial charge on any atom is -0.350 e. The SMILES string of the molecule is CCC[C@@]1(C)OC1NC. The molecule has 1 fully saturated rings. The van der Waals surface area contributed by atoms with E-state index in [2.05, 4.69) is 19.2 Å². The lowest BCUT2D eigenvalue weighted by Gasteiger charge is -2.00. The van der Waals surface area contributed by atoms with Gasteiger partial charge in [0.15, 0.2) is 0 Å². The smallest absolute Gasteiger partial charge is 0.137 e. The maximum atomic E-state index is 5.38. The van der Waals surface area contributed by atoms with Crippen molar-refractivity contribution in [1.29, 1.82) is 0 Å². The molecular formula is C7H15NO. The molecule has 1 unspecified atom stereocenters. The summed E-state index contributed by atoms with van der Waals surface area (Å²) in [6.45, 7) is 4.33. The van der Waals surface area contributed by atoms with Crippen molar-refractivity contribution in [2.45, 2.75) is 38.5 Å². The Balaban J connectivity index is 2.25. The summed E-state index contributed by atoms with van der Waals surface area (Å²) in [7, 11) is 1.94. The first-order valence-corrected chi connectivity index (χ1v) is 3.58. The molecule has 2 atom stereocenters. The number of nitrogens with one attached hydrogen (secondary N) is 1. The van der Waals surface area contributed by atoms with Gasteiger partial charge in [0.1, 0.15) is 11.8 Å². The van der Waals surface area contributed by atoms with E-state index >= 15 is 0 Å². The van der Waals surface area contributed by atoms with E-state index in [9.17, 15) is 0 Å². The Morgan fingerprint density at radius 1 is 1.67 bits per heavy atom. The first-order valence-electron chi connectivity index (χ1n) is 3.58. The third-order valence-electron chi connectivity index (χ3n) is 1.89. The first kappa shape index (κ1) is 7.03. The summed E-state index contributed by atoms with van der Waals surface area (Å²) in [5.74, 6) is 0. The number of hydrogen-bond acceptors (Lipinski definition) is 2. The van der Waals surface area contributed by atoms with Gasteiger partial charge >= 0.3 is 0 Å². The van der Waals surface area contributed by atoms with Crippen LogP contribution < -0.4 is 5.32 Å². The van der Waals surface area contributed by atoms with Crippen molar-refractivity contribution < 1.29 is 4.74 Å². The second-order valence-corrected chi connectivity index (χ2v) is 2.85. The molecule has 1 heterocycles. The second-order valence-electron chi connectivity index (χ2n) is 2.85. The normalized spacial score (nSPS) is 41.0. The van der Waals surface area contributed by atoms with Crippen molar-refractivity contribution in [3.63, 3.8) is 0 Å². The largest absolute Gasteiger partial charge is 0.350 e. The maximum absolute atomic E-state index is 5.38. The molecule has 1 saturated heterocycles. The molecule has 0 aliphatic carbocycles. The third-order valence-corrected chi connectivity index (χ3v) is 1.89. The topological polar surface area (TPSA) is 24.6 Å². The highest BCUT2D eigenvalue weighted by atomic mass is 16.6. The molecule has 0 aromatic rings. The standard InChI is InChI=1S/C7H15NO/c1-4-5-7(2)6(8-3)9-7/h6,8H,4-5H2,1-3H3/t6?,7-/m1/s1. The van der Waals surface area contributed by atoms with Crippen LogP contribution in [0.5, 0.6) is 0 Å². The Bertz CT molecular complexity index is 105. The zero-order valence-electron chi connectivity index (χ0n) is 6.40. The minimum atomic E-state index is 0.156. The lowest BCUT2D eigenvalue weighted by molar-refractivity contribution is 0.289. The molecule has 54 valence electrons. The van der Waals surface area contributed by atoms with Gasteiger partial charge in [0.05, 0.1) is 0 Å². The van der Waals surface area contributed by atoms with E-state index in [0.29, 0.717) is 6.23 Å². The van der Waals surface area contributed by atoms with Crippen molar-refractivity contribution in [1.82, 2.24) is 5.32 Å². The average molecular weight is 129 g/mol. The molecule has 1 aliphatic rings. The van der Waals surface area contributed by atoms with Crippen LogP contribution in [0.15, 0.2) is 0 Å².